The average molecular weight is 257 g/mol. The second kappa shape index (κ2) is 7.90. The van der Waals surface area contributed by atoms with Gasteiger partial charge in [0, 0.05) is 18.4 Å². The highest BCUT2D eigenvalue weighted by molar-refractivity contribution is 5.76. The lowest BCUT2D eigenvalue weighted by atomic mass is 9.83. The molecule has 1 N–H and O–H groups in total. The van der Waals surface area contributed by atoms with Gasteiger partial charge < -0.3 is 14.8 Å². The number of Topliss-reactive ketones (excluding diaryl/α,β-unsaturated/α-hetero) is 1. The molecule has 0 aliphatic heterocycles. The third-order valence-corrected chi connectivity index (χ3v) is 3.89. The zero-order valence-electron chi connectivity index (χ0n) is 13.1. The molecule has 0 aliphatic rings. The highest BCUT2D eigenvalue weighted by Crippen LogP contribution is 2.28. The Morgan fingerprint density at radius 1 is 1.11 bits per heavy atom. The Hall–Kier alpha value is -0.410. The first-order chi connectivity index (χ1) is 8.31. The van der Waals surface area contributed by atoms with Crippen LogP contribution in [-0.4, -0.2) is 32.6 Å². The van der Waals surface area contributed by atoms with E-state index < -0.39 is 0 Å². The summed E-state index contributed by atoms with van der Waals surface area (Å²) in [6.07, 6.45) is 2.67. The number of rotatable bonds is 10. The number of carbonyl (C=O) groups excluding carboxylic acids is 1. The molecule has 0 rings (SSSR count). The van der Waals surface area contributed by atoms with E-state index in [0.29, 0.717) is 13.0 Å². The van der Waals surface area contributed by atoms with Gasteiger partial charge in [0.15, 0.2) is 0 Å². The molecule has 0 heterocycles. The molecule has 0 bridgehead atoms. The molecule has 0 saturated carbocycles. The molecular formula is C15H31NO2. The Morgan fingerprint density at radius 3 is 2.00 bits per heavy atom. The summed E-state index contributed by atoms with van der Waals surface area (Å²) in [5.41, 5.74) is 0.166. The number of carbonyl (C=O) groups is 1. The van der Waals surface area contributed by atoms with Crippen molar-refractivity contribution < 1.29 is 9.53 Å². The maximum atomic E-state index is 11.3. The molecule has 0 aliphatic carbocycles. The fourth-order valence-electron chi connectivity index (χ4n) is 2.13. The van der Waals surface area contributed by atoms with E-state index >= 15 is 0 Å². The molecule has 0 spiro atoms. The molecule has 2 atom stereocenters. The summed E-state index contributed by atoms with van der Waals surface area (Å²) >= 11 is 0. The van der Waals surface area contributed by atoms with Crippen LogP contribution in [0.4, 0.5) is 0 Å². The van der Waals surface area contributed by atoms with E-state index in [1.807, 2.05) is 7.05 Å². The van der Waals surface area contributed by atoms with Crippen molar-refractivity contribution in [3.63, 3.8) is 0 Å². The number of hydrogen-bond acceptors (Lipinski definition) is 3. The van der Waals surface area contributed by atoms with Gasteiger partial charge >= 0.3 is 0 Å². The predicted molar refractivity (Wildman–Crippen MR) is 76.8 cm³/mol. The maximum absolute atomic E-state index is 11.3. The van der Waals surface area contributed by atoms with Crippen LogP contribution < -0.4 is 5.32 Å². The van der Waals surface area contributed by atoms with Crippen LogP contribution in [0, 0.1) is 10.8 Å². The summed E-state index contributed by atoms with van der Waals surface area (Å²) in [6, 6.07) is 0. The minimum absolute atomic E-state index is 0.0138. The van der Waals surface area contributed by atoms with Gasteiger partial charge in [0.2, 0.25) is 0 Å². The Labute approximate surface area is 113 Å². The summed E-state index contributed by atoms with van der Waals surface area (Å²) in [4.78, 5) is 11.3. The van der Waals surface area contributed by atoms with Gasteiger partial charge in [-0.2, -0.15) is 0 Å². The van der Waals surface area contributed by atoms with Crippen LogP contribution in [0.15, 0.2) is 0 Å². The summed E-state index contributed by atoms with van der Waals surface area (Å²) < 4.78 is 5.91. The predicted octanol–water partition coefficient (Wildman–Crippen LogP) is 3.03. The first kappa shape index (κ1) is 17.6. The molecule has 0 fully saturated rings. The van der Waals surface area contributed by atoms with Gasteiger partial charge in [-0.25, -0.2) is 0 Å². The van der Waals surface area contributed by atoms with Gasteiger partial charge in [0.1, 0.15) is 5.78 Å². The van der Waals surface area contributed by atoms with E-state index in [2.05, 4.69) is 33.0 Å². The van der Waals surface area contributed by atoms with Crippen LogP contribution in [0.25, 0.3) is 0 Å². The molecule has 0 radical (unpaired) electrons. The molecule has 2 unspecified atom stereocenters. The van der Waals surface area contributed by atoms with Crippen LogP contribution in [-0.2, 0) is 9.53 Å². The smallest absolute Gasteiger partial charge is 0.130 e. The molecule has 0 saturated heterocycles. The second-order valence-electron chi connectivity index (χ2n) is 6.23. The summed E-state index contributed by atoms with van der Waals surface area (Å²) in [5.74, 6) is 0.247. The highest BCUT2D eigenvalue weighted by Gasteiger charge is 2.27. The van der Waals surface area contributed by atoms with E-state index in [0.717, 1.165) is 26.0 Å². The fraction of sp³-hybridized carbons (Fsp3) is 0.933. The molecule has 0 aromatic heterocycles. The van der Waals surface area contributed by atoms with E-state index in [4.69, 9.17) is 4.74 Å². The quantitative estimate of drug-likeness (QED) is 0.654. The highest BCUT2D eigenvalue weighted by atomic mass is 16.5. The van der Waals surface area contributed by atoms with Gasteiger partial charge in [-0.15, -0.1) is 0 Å². The van der Waals surface area contributed by atoms with E-state index in [9.17, 15) is 4.79 Å². The van der Waals surface area contributed by atoms with Crippen molar-refractivity contribution >= 4 is 5.78 Å². The minimum Gasteiger partial charge on any atom is -0.380 e. The van der Waals surface area contributed by atoms with Crippen LogP contribution in [0.2, 0.25) is 0 Å². The lowest BCUT2D eigenvalue weighted by Gasteiger charge is -2.32. The maximum Gasteiger partial charge on any atom is 0.130 e. The van der Waals surface area contributed by atoms with Gasteiger partial charge in [0.05, 0.1) is 13.2 Å². The van der Waals surface area contributed by atoms with Gasteiger partial charge in [-0.3, -0.25) is 0 Å². The van der Waals surface area contributed by atoms with E-state index in [1.54, 1.807) is 6.92 Å². The molecular weight excluding hydrogens is 226 g/mol. The Morgan fingerprint density at radius 2 is 1.61 bits per heavy atom. The van der Waals surface area contributed by atoms with Crippen LogP contribution in [0.5, 0.6) is 0 Å². The van der Waals surface area contributed by atoms with E-state index in [1.165, 1.54) is 0 Å². The van der Waals surface area contributed by atoms with Crippen molar-refractivity contribution in [1.82, 2.24) is 5.32 Å². The Balaban J connectivity index is 4.25. The summed E-state index contributed by atoms with van der Waals surface area (Å²) in [7, 11) is 1.97. The monoisotopic (exact) mass is 257 g/mol. The zero-order valence-corrected chi connectivity index (χ0v) is 13.1. The largest absolute Gasteiger partial charge is 0.380 e. The Bertz CT molecular complexity index is 255. The van der Waals surface area contributed by atoms with Gasteiger partial charge in [0.25, 0.3) is 0 Å². The Kier molecular flexibility index (Phi) is 7.72. The third-order valence-electron chi connectivity index (χ3n) is 3.89. The average Bonchev–Trinajstić information content (AvgIpc) is 2.28. The molecule has 0 amide bonds. The van der Waals surface area contributed by atoms with Crippen molar-refractivity contribution in [1.29, 1.82) is 0 Å². The summed E-state index contributed by atoms with van der Waals surface area (Å²) in [5, 5.41) is 3.22. The third kappa shape index (κ3) is 6.50. The van der Waals surface area contributed by atoms with Crippen LogP contribution in [0.1, 0.15) is 53.9 Å². The molecule has 3 heteroatoms. The molecule has 0 aromatic carbocycles. The normalized spacial score (nSPS) is 18.1. The van der Waals surface area contributed by atoms with Gasteiger partial charge in [-0.05, 0) is 32.2 Å². The fourth-order valence-corrected chi connectivity index (χ4v) is 2.13. The van der Waals surface area contributed by atoms with E-state index in [-0.39, 0.29) is 16.6 Å². The summed E-state index contributed by atoms with van der Waals surface area (Å²) in [6.45, 7) is 12.7. The second-order valence-corrected chi connectivity index (χ2v) is 6.23. The number of ketones is 1. The standard InChI is InChI=1S/C15H31NO2/c1-7-14(4,9-13(3)17)11-18-12-15(5,8-2)10-16-6/h16H,7-12H2,1-6H3. The van der Waals surface area contributed by atoms with Gasteiger partial charge in [-0.1, -0.05) is 27.7 Å². The molecule has 3 nitrogen and oxygen atoms in total. The SMILES string of the molecule is CCC(C)(CNC)COCC(C)(CC)CC(C)=O. The lowest BCUT2D eigenvalue weighted by Crippen LogP contribution is -2.35. The number of ether oxygens (including phenoxy) is 1. The molecule has 108 valence electrons. The topological polar surface area (TPSA) is 38.3 Å². The lowest BCUT2D eigenvalue weighted by molar-refractivity contribution is -0.120. The first-order valence-electron chi connectivity index (χ1n) is 7.02. The van der Waals surface area contributed by atoms with Crippen molar-refractivity contribution in [3.8, 4) is 0 Å². The first-order valence-corrected chi connectivity index (χ1v) is 7.02. The minimum atomic E-state index is -0.0138. The van der Waals surface area contributed by atoms with Crippen molar-refractivity contribution in [2.24, 2.45) is 10.8 Å². The van der Waals surface area contributed by atoms with Crippen molar-refractivity contribution in [2.75, 3.05) is 26.8 Å². The molecule has 18 heavy (non-hydrogen) atoms. The van der Waals surface area contributed by atoms with Crippen molar-refractivity contribution in [3.05, 3.63) is 0 Å². The van der Waals surface area contributed by atoms with Crippen LogP contribution in [0.3, 0.4) is 0 Å². The number of nitrogens with one attached hydrogen (secondary N) is 1. The number of hydrogen-bond donors (Lipinski definition) is 1. The molecule has 0 aromatic rings. The zero-order chi connectivity index (χ0) is 14.2. The van der Waals surface area contributed by atoms with Crippen molar-refractivity contribution in [2.45, 2.75) is 53.9 Å². The van der Waals surface area contributed by atoms with Crippen LogP contribution >= 0.6 is 0 Å².